The molecule has 0 unspecified atom stereocenters. The van der Waals surface area contributed by atoms with E-state index >= 15 is 0 Å². The van der Waals surface area contributed by atoms with Crippen LogP contribution in [0.25, 0.3) is 11.5 Å². The standard InChI is InChI=1S/C18H17ClN2O4S/c1-22-12-7-8-13(16(11-12)23-2)17-20-21-18(25-17)26-10-9-24-15-6-4-3-5-14(15)19/h3-8,11H,9-10H2,1-2H3. The van der Waals surface area contributed by atoms with E-state index in [1.165, 1.54) is 11.8 Å². The summed E-state index contributed by atoms with van der Waals surface area (Å²) in [6.07, 6.45) is 0. The van der Waals surface area contributed by atoms with Gasteiger partial charge in [0.1, 0.15) is 17.2 Å². The molecule has 0 bridgehead atoms. The summed E-state index contributed by atoms with van der Waals surface area (Å²) in [4.78, 5) is 0. The summed E-state index contributed by atoms with van der Waals surface area (Å²) in [6.45, 7) is 0.470. The highest BCUT2D eigenvalue weighted by atomic mass is 35.5. The lowest BCUT2D eigenvalue weighted by Crippen LogP contribution is -2.00. The van der Waals surface area contributed by atoms with Crippen LogP contribution in [0, 0.1) is 0 Å². The van der Waals surface area contributed by atoms with Gasteiger partial charge in [0.25, 0.3) is 11.1 Å². The van der Waals surface area contributed by atoms with Crippen molar-refractivity contribution in [1.29, 1.82) is 0 Å². The van der Waals surface area contributed by atoms with Crippen molar-refractivity contribution < 1.29 is 18.6 Å². The molecule has 0 aliphatic heterocycles. The van der Waals surface area contributed by atoms with Crippen LogP contribution >= 0.6 is 23.4 Å². The van der Waals surface area contributed by atoms with Crippen LogP contribution in [0.4, 0.5) is 0 Å². The Morgan fingerprint density at radius 1 is 1.04 bits per heavy atom. The highest BCUT2D eigenvalue weighted by Gasteiger charge is 2.15. The molecule has 136 valence electrons. The van der Waals surface area contributed by atoms with Gasteiger partial charge in [-0.3, -0.25) is 0 Å². The van der Waals surface area contributed by atoms with E-state index in [1.807, 2.05) is 30.3 Å². The largest absolute Gasteiger partial charge is 0.497 e. The van der Waals surface area contributed by atoms with Crippen molar-refractivity contribution in [2.24, 2.45) is 0 Å². The predicted octanol–water partition coefficient (Wildman–Crippen LogP) is 4.58. The van der Waals surface area contributed by atoms with Crippen LogP contribution in [0.1, 0.15) is 0 Å². The van der Waals surface area contributed by atoms with Crippen LogP contribution in [0.3, 0.4) is 0 Å². The number of thioether (sulfide) groups is 1. The molecular formula is C18H17ClN2O4S. The molecule has 1 aromatic heterocycles. The van der Waals surface area contributed by atoms with Gasteiger partial charge in [-0.1, -0.05) is 35.5 Å². The monoisotopic (exact) mass is 392 g/mol. The SMILES string of the molecule is COc1ccc(-c2nnc(SCCOc3ccccc3Cl)o2)c(OC)c1. The molecule has 0 spiro atoms. The lowest BCUT2D eigenvalue weighted by atomic mass is 10.2. The average molecular weight is 393 g/mol. The summed E-state index contributed by atoms with van der Waals surface area (Å²) in [6, 6.07) is 12.7. The third kappa shape index (κ3) is 4.42. The lowest BCUT2D eigenvalue weighted by molar-refractivity contribution is 0.343. The lowest BCUT2D eigenvalue weighted by Gasteiger charge is -2.07. The fourth-order valence-corrected chi connectivity index (χ4v) is 2.96. The number of methoxy groups -OCH3 is 2. The summed E-state index contributed by atoms with van der Waals surface area (Å²) in [5.41, 5.74) is 0.708. The van der Waals surface area contributed by atoms with Gasteiger partial charge in [0, 0.05) is 11.8 Å². The van der Waals surface area contributed by atoms with Crippen LogP contribution in [-0.2, 0) is 0 Å². The molecule has 0 amide bonds. The van der Waals surface area contributed by atoms with E-state index in [2.05, 4.69) is 10.2 Å². The van der Waals surface area contributed by atoms with E-state index in [0.717, 1.165) is 0 Å². The molecule has 0 N–H and O–H groups in total. The number of ether oxygens (including phenoxy) is 3. The van der Waals surface area contributed by atoms with E-state index in [0.29, 0.717) is 51.3 Å². The summed E-state index contributed by atoms with van der Waals surface area (Å²) in [5.74, 6) is 2.98. The average Bonchev–Trinajstić information content (AvgIpc) is 3.14. The van der Waals surface area contributed by atoms with Crippen molar-refractivity contribution in [3.8, 4) is 28.7 Å². The number of benzene rings is 2. The first-order chi connectivity index (χ1) is 12.7. The fraction of sp³-hybridized carbons (Fsp3) is 0.222. The van der Waals surface area contributed by atoms with Crippen molar-refractivity contribution in [3.05, 3.63) is 47.5 Å². The van der Waals surface area contributed by atoms with Crippen LogP contribution in [0.15, 0.2) is 52.1 Å². The smallest absolute Gasteiger partial charge is 0.276 e. The predicted molar refractivity (Wildman–Crippen MR) is 101 cm³/mol. The third-order valence-corrected chi connectivity index (χ3v) is 4.54. The van der Waals surface area contributed by atoms with Crippen molar-refractivity contribution in [1.82, 2.24) is 10.2 Å². The maximum absolute atomic E-state index is 6.05. The van der Waals surface area contributed by atoms with E-state index in [-0.39, 0.29) is 0 Å². The van der Waals surface area contributed by atoms with E-state index in [1.54, 1.807) is 26.4 Å². The minimum atomic E-state index is 0.388. The van der Waals surface area contributed by atoms with Gasteiger partial charge in [-0.25, -0.2) is 0 Å². The van der Waals surface area contributed by atoms with Crippen LogP contribution in [-0.4, -0.2) is 36.8 Å². The van der Waals surface area contributed by atoms with E-state index in [4.69, 9.17) is 30.2 Å². The molecule has 0 aliphatic rings. The van der Waals surface area contributed by atoms with Gasteiger partial charge in [-0.05, 0) is 24.3 Å². The minimum Gasteiger partial charge on any atom is -0.497 e. The van der Waals surface area contributed by atoms with Crippen molar-refractivity contribution in [3.63, 3.8) is 0 Å². The molecule has 0 radical (unpaired) electrons. The first-order valence-corrected chi connectivity index (χ1v) is 9.13. The molecule has 0 saturated carbocycles. The van der Waals surface area contributed by atoms with Crippen molar-refractivity contribution >= 4 is 23.4 Å². The quantitative estimate of drug-likeness (QED) is 0.410. The molecule has 0 aliphatic carbocycles. The molecule has 8 heteroatoms. The normalized spacial score (nSPS) is 10.6. The van der Waals surface area contributed by atoms with E-state index < -0.39 is 0 Å². The van der Waals surface area contributed by atoms with Gasteiger partial charge < -0.3 is 18.6 Å². The van der Waals surface area contributed by atoms with Gasteiger partial charge in [-0.15, -0.1) is 10.2 Å². The summed E-state index contributed by atoms with van der Waals surface area (Å²) < 4.78 is 21.9. The number of halogens is 1. The second-order valence-corrected chi connectivity index (χ2v) is 6.52. The molecule has 0 saturated heterocycles. The molecule has 6 nitrogen and oxygen atoms in total. The summed E-state index contributed by atoms with van der Waals surface area (Å²) >= 11 is 7.46. The minimum absolute atomic E-state index is 0.388. The first kappa shape index (κ1) is 18.4. The molecule has 0 atom stereocenters. The van der Waals surface area contributed by atoms with Crippen LogP contribution in [0.5, 0.6) is 17.2 Å². The Morgan fingerprint density at radius 3 is 2.65 bits per heavy atom. The summed E-state index contributed by atoms with van der Waals surface area (Å²) in [7, 11) is 3.18. The Morgan fingerprint density at radius 2 is 1.88 bits per heavy atom. The van der Waals surface area contributed by atoms with Gasteiger partial charge in [0.2, 0.25) is 0 Å². The van der Waals surface area contributed by atoms with Gasteiger partial charge in [0.05, 0.1) is 31.4 Å². The van der Waals surface area contributed by atoms with Gasteiger partial charge in [-0.2, -0.15) is 0 Å². The maximum Gasteiger partial charge on any atom is 0.276 e. The van der Waals surface area contributed by atoms with Gasteiger partial charge >= 0.3 is 0 Å². The maximum atomic E-state index is 6.05. The van der Waals surface area contributed by atoms with Crippen molar-refractivity contribution in [2.45, 2.75) is 5.22 Å². The molecule has 3 rings (SSSR count). The van der Waals surface area contributed by atoms with Crippen molar-refractivity contribution in [2.75, 3.05) is 26.6 Å². The highest BCUT2D eigenvalue weighted by molar-refractivity contribution is 7.99. The zero-order valence-electron chi connectivity index (χ0n) is 14.3. The number of hydrogen-bond donors (Lipinski definition) is 0. The Kier molecular flexibility index (Phi) is 6.25. The molecule has 2 aromatic carbocycles. The number of hydrogen-bond acceptors (Lipinski definition) is 7. The number of rotatable bonds is 8. The second-order valence-electron chi connectivity index (χ2n) is 5.07. The zero-order chi connectivity index (χ0) is 18.4. The highest BCUT2D eigenvalue weighted by Crippen LogP contribution is 2.33. The Labute approximate surface area is 160 Å². The Balaban J connectivity index is 1.59. The Hall–Kier alpha value is -2.38. The second kappa shape index (κ2) is 8.82. The number of para-hydroxylation sites is 1. The molecule has 3 aromatic rings. The molecular weight excluding hydrogens is 376 g/mol. The van der Waals surface area contributed by atoms with Crippen LogP contribution < -0.4 is 14.2 Å². The fourth-order valence-electron chi connectivity index (χ4n) is 2.19. The topological polar surface area (TPSA) is 66.6 Å². The summed E-state index contributed by atoms with van der Waals surface area (Å²) in [5, 5.41) is 9.18. The first-order valence-electron chi connectivity index (χ1n) is 7.77. The zero-order valence-corrected chi connectivity index (χ0v) is 15.8. The molecule has 1 heterocycles. The third-order valence-electron chi connectivity index (χ3n) is 3.45. The van der Waals surface area contributed by atoms with E-state index in [9.17, 15) is 0 Å². The molecule has 26 heavy (non-hydrogen) atoms. The van der Waals surface area contributed by atoms with Gasteiger partial charge in [0.15, 0.2) is 0 Å². The van der Waals surface area contributed by atoms with Crippen LogP contribution in [0.2, 0.25) is 5.02 Å². The Bertz CT molecular complexity index is 872. The molecule has 0 fully saturated rings. The number of aromatic nitrogens is 2. The number of nitrogens with zero attached hydrogens (tertiary/aromatic N) is 2.